The average molecular weight is 249 g/mol. The zero-order chi connectivity index (χ0) is 13.8. The molecule has 0 radical (unpaired) electrons. The molecule has 100 valence electrons. The van der Waals surface area contributed by atoms with Crippen molar-refractivity contribution in [1.29, 1.82) is 0 Å². The monoisotopic (exact) mass is 249 g/mol. The summed E-state index contributed by atoms with van der Waals surface area (Å²) in [6.45, 7) is 8.30. The fourth-order valence-corrected chi connectivity index (χ4v) is 2.48. The Balaban J connectivity index is 0.000000199. The molecular weight excluding hydrogens is 226 g/mol. The topological polar surface area (TPSA) is 49.3 Å². The molecule has 1 heterocycles. The zero-order valence-corrected chi connectivity index (χ0v) is 11.7. The second-order valence-electron chi connectivity index (χ2n) is 6.12. The van der Waals surface area contributed by atoms with E-state index in [-0.39, 0.29) is 11.1 Å². The highest BCUT2D eigenvalue weighted by molar-refractivity contribution is 5.81. The van der Waals surface area contributed by atoms with Gasteiger partial charge in [0, 0.05) is 23.9 Å². The molecule has 0 aromatic heterocycles. The molecule has 18 heavy (non-hydrogen) atoms. The maximum Gasteiger partial charge on any atom is 0.136 e. The maximum absolute atomic E-state index is 11.3. The number of carbonyl (C=O) groups excluding carboxylic acids is 1. The first-order valence-electron chi connectivity index (χ1n) is 6.25. The van der Waals surface area contributed by atoms with Crippen molar-refractivity contribution < 1.29 is 9.90 Å². The molecule has 1 aromatic carbocycles. The Bertz CT molecular complexity index is 378. The lowest BCUT2D eigenvalue weighted by molar-refractivity contribution is -0.124. The molecule has 1 aliphatic rings. The van der Waals surface area contributed by atoms with Crippen molar-refractivity contribution >= 4 is 5.78 Å². The second kappa shape index (κ2) is 5.53. The number of rotatable bonds is 0. The number of nitrogens with one attached hydrogen (secondary N) is 1. The van der Waals surface area contributed by atoms with E-state index in [9.17, 15) is 4.79 Å². The fraction of sp³-hybridized carbons (Fsp3) is 0.533. The Morgan fingerprint density at radius 1 is 1.00 bits per heavy atom. The number of carbonyl (C=O) groups is 1. The summed E-state index contributed by atoms with van der Waals surface area (Å²) < 4.78 is 0. The van der Waals surface area contributed by atoms with Crippen LogP contribution in [0.3, 0.4) is 0 Å². The van der Waals surface area contributed by atoms with Gasteiger partial charge in [-0.15, -0.1) is 0 Å². The van der Waals surface area contributed by atoms with Crippen molar-refractivity contribution in [2.24, 2.45) is 0 Å². The Hall–Kier alpha value is -1.35. The number of aromatic hydroxyl groups is 1. The Morgan fingerprint density at radius 2 is 1.44 bits per heavy atom. The molecule has 0 amide bonds. The van der Waals surface area contributed by atoms with Gasteiger partial charge in [0.1, 0.15) is 11.5 Å². The van der Waals surface area contributed by atoms with Crippen LogP contribution in [0.4, 0.5) is 0 Å². The predicted octanol–water partition coefficient (Wildman–Crippen LogP) is 2.89. The minimum Gasteiger partial charge on any atom is -0.508 e. The third-order valence-electron chi connectivity index (χ3n) is 2.71. The number of piperidine rings is 1. The average Bonchev–Trinajstić information content (AvgIpc) is 2.13. The Morgan fingerprint density at radius 3 is 1.72 bits per heavy atom. The zero-order valence-electron chi connectivity index (χ0n) is 11.7. The SMILES string of the molecule is CC1(C)CC(=O)CC(C)(C)N1.Oc1ccccc1. The van der Waals surface area contributed by atoms with E-state index in [1.165, 1.54) is 0 Å². The van der Waals surface area contributed by atoms with E-state index in [4.69, 9.17) is 5.11 Å². The van der Waals surface area contributed by atoms with Gasteiger partial charge in [0.15, 0.2) is 0 Å². The minimum atomic E-state index is -0.0150. The van der Waals surface area contributed by atoms with E-state index in [0.717, 1.165) is 0 Å². The summed E-state index contributed by atoms with van der Waals surface area (Å²) in [5.74, 6) is 0.696. The second-order valence-corrected chi connectivity index (χ2v) is 6.12. The molecular formula is C15H23NO2. The lowest BCUT2D eigenvalue weighted by atomic mass is 9.82. The van der Waals surface area contributed by atoms with Gasteiger partial charge in [-0.05, 0) is 39.8 Å². The summed E-state index contributed by atoms with van der Waals surface area (Å²) >= 11 is 0. The van der Waals surface area contributed by atoms with Gasteiger partial charge in [-0.1, -0.05) is 18.2 Å². The van der Waals surface area contributed by atoms with Crippen molar-refractivity contribution in [2.45, 2.75) is 51.6 Å². The normalized spacial score (nSPS) is 20.8. The highest BCUT2D eigenvalue weighted by Crippen LogP contribution is 2.25. The molecule has 3 nitrogen and oxygen atoms in total. The molecule has 1 aliphatic heterocycles. The van der Waals surface area contributed by atoms with Crippen molar-refractivity contribution in [1.82, 2.24) is 5.32 Å². The Kier molecular flexibility index (Phi) is 4.52. The number of hydrogen-bond acceptors (Lipinski definition) is 3. The van der Waals surface area contributed by atoms with Gasteiger partial charge < -0.3 is 10.4 Å². The van der Waals surface area contributed by atoms with Crippen molar-refractivity contribution in [3.63, 3.8) is 0 Å². The third-order valence-corrected chi connectivity index (χ3v) is 2.71. The number of hydrogen-bond donors (Lipinski definition) is 2. The van der Waals surface area contributed by atoms with Crippen molar-refractivity contribution in [2.75, 3.05) is 0 Å². The number of Topliss-reactive ketones (excluding diaryl/α,β-unsaturated/α-hetero) is 1. The van der Waals surface area contributed by atoms with Crippen LogP contribution in [0.1, 0.15) is 40.5 Å². The van der Waals surface area contributed by atoms with Crippen LogP contribution in [0.25, 0.3) is 0 Å². The molecule has 0 unspecified atom stereocenters. The van der Waals surface area contributed by atoms with Crippen LogP contribution in [0.5, 0.6) is 5.75 Å². The largest absolute Gasteiger partial charge is 0.508 e. The van der Waals surface area contributed by atoms with Gasteiger partial charge in [0.2, 0.25) is 0 Å². The standard InChI is InChI=1S/C9H17NO.C6H6O/c1-8(2)5-7(11)6-9(3,4)10-8;7-6-4-2-1-3-5-6/h10H,5-6H2,1-4H3;1-5,7H. The molecule has 0 spiro atoms. The van der Waals surface area contributed by atoms with Crippen molar-refractivity contribution in [3.8, 4) is 5.75 Å². The van der Waals surface area contributed by atoms with Crippen LogP contribution in [-0.2, 0) is 4.79 Å². The molecule has 1 aromatic rings. The van der Waals surface area contributed by atoms with E-state index < -0.39 is 0 Å². The van der Waals surface area contributed by atoms with E-state index >= 15 is 0 Å². The van der Waals surface area contributed by atoms with Crippen LogP contribution in [0, 0.1) is 0 Å². The molecule has 2 N–H and O–H groups in total. The van der Waals surface area contributed by atoms with E-state index in [0.29, 0.717) is 24.4 Å². The highest BCUT2D eigenvalue weighted by atomic mass is 16.3. The van der Waals surface area contributed by atoms with Crippen LogP contribution < -0.4 is 5.32 Å². The summed E-state index contributed by atoms with van der Waals surface area (Å²) in [4.78, 5) is 11.3. The van der Waals surface area contributed by atoms with E-state index in [1.807, 2.05) is 6.07 Å². The van der Waals surface area contributed by atoms with Crippen LogP contribution in [0.15, 0.2) is 30.3 Å². The third kappa shape index (κ3) is 5.32. The maximum atomic E-state index is 11.3. The first-order chi connectivity index (χ1) is 8.20. The molecule has 1 fully saturated rings. The van der Waals surface area contributed by atoms with Gasteiger partial charge in [-0.3, -0.25) is 4.79 Å². The molecule has 0 bridgehead atoms. The van der Waals surface area contributed by atoms with Gasteiger partial charge in [-0.25, -0.2) is 0 Å². The Labute approximate surface area is 109 Å². The van der Waals surface area contributed by atoms with E-state index in [2.05, 4.69) is 33.0 Å². The number of benzene rings is 1. The van der Waals surface area contributed by atoms with Crippen LogP contribution in [0.2, 0.25) is 0 Å². The van der Waals surface area contributed by atoms with E-state index in [1.54, 1.807) is 24.3 Å². The van der Waals surface area contributed by atoms with Crippen LogP contribution >= 0.6 is 0 Å². The quantitative estimate of drug-likeness (QED) is 0.743. The van der Waals surface area contributed by atoms with Gasteiger partial charge in [0.05, 0.1) is 0 Å². The fourth-order valence-electron chi connectivity index (χ4n) is 2.48. The summed E-state index contributed by atoms with van der Waals surface area (Å²) in [7, 11) is 0. The summed E-state index contributed by atoms with van der Waals surface area (Å²) in [6.07, 6.45) is 1.33. The summed E-state index contributed by atoms with van der Waals surface area (Å²) in [5, 5.41) is 12.1. The minimum absolute atomic E-state index is 0.0150. The highest BCUT2D eigenvalue weighted by Gasteiger charge is 2.36. The smallest absolute Gasteiger partial charge is 0.136 e. The van der Waals surface area contributed by atoms with Crippen molar-refractivity contribution in [3.05, 3.63) is 30.3 Å². The molecule has 1 saturated heterocycles. The number of para-hydroxylation sites is 1. The number of phenols is 1. The lowest BCUT2D eigenvalue weighted by Gasteiger charge is -2.41. The van der Waals surface area contributed by atoms with Gasteiger partial charge >= 0.3 is 0 Å². The molecule has 3 heteroatoms. The number of phenolic OH excluding ortho intramolecular Hbond substituents is 1. The van der Waals surface area contributed by atoms with Gasteiger partial charge in [-0.2, -0.15) is 0 Å². The first kappa shape index (κ1) is 14.7. The summed E-state index contributed by atoms with van der Waals surface area (Å²) in [6, 6.07) is 8.71. The number of ketones is 1. The van der Waals surface area contributed by atoms with Gasteiger partial charge in [0.25, 0.3) is 0 Å². The molecule has 0 atom stereocenters. The molecule has 0 saturated carbocycles. The summed E-state index contributed by atoms with van der Waals surface area (Å²) in [5.41, 5.74) is -0.0301. The predicted molar refractivity (Wildman–Crippen MR) is 73.6 cm³/mol. The molecule has 2 rings (SSSR count). The lowest BCUT2D eigenvalue weighted by Crippen LogP contribution is -2.58. The van der Waals surface area contributed by atoms with Crippen LogP contribution in [-0.4, -0.2) is 22.0 Å². The molecule has 0 aliphatic carbocycles. The first-order valence-corrected chi connectivity index (χ1v) is 6.25.